The van der Waals surface area contributed by atoms with Crippen LogP contribution >= 0.6 is 0 Å². The number of nitro groups is 1. The molecule has 172 valence electrons. The van der Waals surface area contributed by atoms with Gasteiger partial charge in [-0.25, -0.2) is 0 Å². The highest BCUT2D eigenvalue weighted by Crippen LogP contribution is 2.37. The van der Waals surface area contributed by atoms with E-state index in [1.54, 1.807) is 6.07 Å². The second kappa shape index (κ2) is 9.46. The average molecular weight is 456 g/mol. The number of aryl methyl sites for hydroxylation is 1. The van der Waals surface area contributed by atoms with Crippen molar-refractivity contribution >= 4 is 14.0 Å². The molecule has 1 heterocycles. The molecule has 1 aliphatic heterocycles. The molecule has 32 heavy (non-hydrogen) atoms. The molecule has 0 radical (unpaired) electrons. The average Bonchev–Trinajstić information content (AvgIpc) is 2.72. The van der Waals surface area contributed by atoms with Crippen LogP contribution in [0.1, 0.15) is 50.8 Å². The maximum absolute atomic E-state index is 11.1. The number of hydrogen-bond donors (Lipinski definition) is 1. The first-order valence-electron chi connectivity index (χ1n) is 11.0. The van der Waals surface area contributed by atoms with Gasteiger partial charge in [-0.15, -0.1) is 0 Å². The first-order chi connectivity index (χ1) is 15.0. The Labute approximate surface area is 191 Å². The zero-order chi connectivity index (χ0) is 23.5. The first kappa shape index (κ1) is 24.0. The molecule has 3 rings (SSSR count). The third-order valence-corrected chi connectivity index (χ3v) is 10.8. The Morgan fingerprint density at radius 1 is 1.19 bits per heavy atom. The summed E-state index contributed by atoms with van der Waals surface area (Å²) in [7, 11) is -1.85. The minimum atomic E-state index is -1.85. The Kier molecular flexibility index (Phi) is 7.10. The Balaban J connectivity index is 1.58. The number of phenolic OH excluding ortho intramolecular Hbond substituents is 1. The largest absolute Gasteiger partial charge is 0.544 e. The molecule has 1 N–H and O–H groups in total. The standard InChI is InChI=1S/C25H33NO5Si/c1-25(2,3)32(4,5)31-21-14-10-18(11-15-21)9-13-20-7-6-8-24(30-20)19-12-16-23(27)22(17-19)26(28)29/h6,8,10-12,14-17,20,24,27H,7,9,13H2,1-5H3/t20-,24-/m1/s1. The fourth-order valence-electron chi connectivity index (χ4n) is 3.40. The summed E-state index contributed by atoms with van der Waals surface area (Å²) in [5.74, 6) is 0.585. The van der Waals surface area contributed by atoms with Gasteiger partial charge in [0.05, 0.1) is 11.0 Å². The SMILES string of the molecule is CC(C)(C)[Si](C)(C)Oc1ccc(CC[C@H]2CC=C[C@H](c3ccc(O)c([N+](=O)[O-])c3)O2)cc1. The van der Waals surface area contributed by atoms with Crippen LogP contribution in [0.5, 0.6) is 11.5 Å². The zero-order valence-electron chi connectivity index (χ0n) is 19.5. The van der Waals surface area contributed by atoms with Gasteiger partial charge in [0.1, 0.15) is 11.9 Å². The van der Waals surface area contributed by atoms with E-state index in [1.165, 1.54) is 17.7 Å². The molecule has 6 nitrogen and oxygen atoms in total. The van der Waals surface area contributed by atoms with Gasteiger partial charge in [0.25, 0.3) is 0 Å². The lowest BCUT2D eigenvalue weighted by Crippen LogP contribution is -2.43. The lowest BCUT2D eigenvalue weighted by molar-refractivity contribution is -0.386. The maximum Gasteiger partial charge on any atom is 0.311 e. The quantitative estimate of drug-likeness (QED) is 0.217. The Bertz CT molecular complexity index is 979. The molecule has 0 saturated carbocycles. The van der Waals surface area contributed by atoms with Gasteiger partial charge in [0.15, 0.2) is 5.75 Å². The first-order valence-corrected chi connectivity index (χ1v) is 13.9. The van der Waals surface area contributed by atoms with E-state index in [-0.39, 0.29) is 28.7 Å². The lowest BCUT2D eigenvalue weighted by atomic mass is 10.00. The van der Waals surface area contributed by atoms with E-state index in [9.17, 15) is 15.2 Å². The van der Waals surface area contributed by atoms with Gasteiger partial charge in [-0.2, -0.15) is 0 Å². The van der Waals surface area contributed by atoms with Gasteiger partial charge >= 0.3 is 5.69 Å². The minimum Gasteiger partial charge on any atom is -0.544 e. The third-order valence-electron chi connectivity index (χ3n) is 6.43. The van der Waals surface area contributed by atoms with E-state index in [4.69, 9.17) is 9.16 Å². The van der Waals surface area contributed by atoms with Crippen LogP contribution in [-0.4, -0.2) is 24.5 Å². The smallest absolute Gasteiger partial charge is 0.311 e. The third kappa shape index (κ3) is 5.78. The molecule has 0 aromatic heterocycles. The molecular formula is C25H33NO5Si. The van der Waals surface area contributed by atoms with Crippen molar-refractivity contribution in [1.82, 2.24) is 0 Å². The lowest BCUT2D eigenvalue weighted by Gasteiger charge is -2.36. The molecule has 0 saturated heterocycles. The van der Waals surface area contributed by atoms with Crippen molar-refractivity contribution in [3.63, 3.8) is 0 Å². The van der Waals surface area contributed by atoms with Crippen LogP contribution in [0.3, 0.4) is 0 Å². The number of benzene rings is 2. The van der Waals surface area contributed by atoms with E-state index in [2.05, 4.69) is 64.2 Å². The summed E-state index contributed by atoms with van der Waals surface area (Å²) >= 11 is 0. The Hall–Kier alpha value is -2.64. The zero-order valence-corrected chi connectivity index (χ0v) is 20.5. The Morgan fingerprint density at radius 2 is 1.88 bits per heavy atom. The van der Waals surface area contributed by atoms with Gasteiger partial charge in [-0.3, -0.25) is 10.1 Å². The second-order valence-corrected chi connectivity index (χ2v) is 14.6. The molecule has 7 heteroatoms. The second-order valence-electron chi connectivity index (χ2n) is 9.89. The van der Waals surface area contributed by atoms with Crippen molar-refractivity contribution in [3.05, 3.63) is 75.9 Å². The number of rotatable bonds is 7. The fourth-order valence-corrected chi connectivity index (χ4v) is 4.43. The number of nitro benzene ring substituents is 1. The van der Waals surface area contributed by atoms with Crippen LogP contribution in [0.4, 0.5) is 5.69 Å². The van der Waals surface area contributed by atoms with Crippen molar-refractivity contribution in [1.29, 1.82) is 0 Å². The van der Waals surface area contributed by atoms with Crippen molar-refractivity contribution < 1.29 is 19.2 Å². The highest BCUT2D eigenvalue weighted by Gasteiger charge is 2.38. The molecule has 0 bridgehead atoms. The highest BCUT2D eigenvalue weighted by atomic mass is 28.4. The van der Waals surface area contributed by atoms with Gasteiger partial charge in [0.2, 0.25) is 8.32 Å². The number of nitrogens with zero attached hydrogens (tertiary/aromatic N) is 1. The van der Waals surface area contributed by atoms with E-state index in [0.717, 1.165) is 25.0 Å². The summed E-state index contributed by atoms with van der Waals surface area (Å²) in [6.07, 6.45) is 6.19. The predicted octanol–water partition coefficient (Wildman–Crippen LogP) is 6.70. The van der Waals surface area contributed by atoms with Crippen LogP contribution in [0.15, 0.2) is 54.6 Å². The van der Waals surface area contributed by atoms with Crippen LogP contribution in [0, 0.1) is 10.1 Å². The highest BCUT2D eigenvalue weighted by molar-refractivity contribution is 6.74. The van der Waals surface area contributed by atoms with Crippen LogP contribution < -0.4 is 4.43 Å². The molecular weight excluding hydrogens is 422 g/mol. The number of ether oxygens (including phenoxy) is 1. The molecule has 2 aromatic carbocycles. The van der Waals surface area contributed by atoms with E-state index in [0.29, 0.717) is 5.56 Å². The monoisotopic (exact) mass is 455 g/mol. The van der Waals surface area contributed by atoms with Crippen LogP contribution in [-0.2, 0) is 11.2 Å². The van der Waals surface area contributed by atoms with Crippen LogP contribution in [0.25, 0.3) is 0 Å². The number of phenols is 1. The van der Waals surface area contributed by atoms with Crippen molar-refractivity contribution in [2.24, 2.45) is 0 Å². The molecule has 1 aliphatic rings. The summed E-state index contributed by atoms with van der Waals surface area (Å²) < 4.78 is 12.5. The summed E-state index contributed by atoms with van der Waals surface area (Å²) in [4.78, 5) is 10.5. The number of aromatic hydroxyl groups is 1. The summed E-state index contributed by atoms with van der Waals surface area (Å²) in [5.41, 5.74) is 1.59. The van der Waals surface area contributed by atoms with Gasteiger partial charge in [0, 0.05) is 6.07 Å². The summed E-state index contributed by atoms with van der Waals surface area (Å²) in [6, 6.07) is 12.7. The molecule has 2 aromatic rings. The number of hydrogen-bond acceptors (Lipinski definition) is 5. The van der Waals surface area contributed by atoms with E-state index in [1.807, 2.05) is 6.08 Å². The molecule has 0 aliphatic carbocycles. The van der Waals surface area contributed by atoms with Crippen molar-refractivity contribution in [2.45, 2.75) is 70.4 Å². The van der Waals surface area contributed by atoms with Crippen molar-refractivity contribution in [2.75, 3.05) is 0 Å². The topological polar surface area (TPSA) is 81.8 Å². The molecule has 0 amide bonds. The predicted molar refractivity (Wildman–Crippen MR) is 129 cm³/mol. The molecule has 0 unspecified atom stereocenters. The van der Waals surface area contributed by atoms with Gasteiger partial charge in [-0.05, 0) is 66.7 Å². The van der Waals surface area contributed by atoms with Gasteiger partial charge < -0.3 is 14.3 Å². The minimum absolute atomic E-state index is 0.0287. The normalized spacial score (nSPS) is 19.0. The van der Waals surface area contributed by atoms with E-state index >= 15 is 0 Å². The maximum atomic E-state index is 11.1. The van der Waals surface area contributed by atoms with E-state index < -0.39 is 13.2 Å². The molecule has 0 fully saturated rings. The van der Waals surface area contributed by atoms with Crippen molar-refractivity contribution in [3.8, 4) is 11.5 Å². The van der Waals surface area contributed by atoms with Crippen LogP contribution in [0.2, 0.25) is 18.1 Å². The molecule has 0 spiro atoms. The van der Waals surface area contributed by atoms with Gasteiger partial charge in [-0.1, -0.05) is 51.1 Å². The molecule has 2 atom stereocenters. The summed E-state index contributed by atoms with van der Waals surface area (Å²) in [6.45, 7) is 11.2. The fraction of sp³-hybridized carbons (Fsp3) is 0.440. The summed E-state index contributed by atoms with van der Waals surface area (Å²) in [5, 5.41) is 20.9. The Morgan fingerprint density at radius 3 is 2.50 bits per heavy atom.